The van der Waals surface area contributed by atoms with Gasteiger partial charge >= 0.3 is 0 Å². The number of carbonyl (C=O) groups excluding carboxylic acids is 2. The van der Waals surface area contributed by atoms with Crippen LogP contribution in [0.5, 0.6) is 0 Å². The van der Waals surface area contributed by atoms with E-state index in [1.54, 1.807) is 13.8 Å². The number of benzene rings is 1. The second-order valence-electron chi connectivity index (χ2n) is 4.40. The summed E-state index contributed by atoms with van der Waals surface area (Å²) in [5.74, 6) is -1.29. The maximum absolute atomic E-state index is 11.3. The molecular weight excluding hydrogens is 256 g/mol. The van der Waals surface area contributed by atoms with Crippen molar-refractivity contribution in [3.8, 4) is 0 Å². The van der Waals surface area contributed by atoms with Gasteiger partial charge in [-0.15, -0.1) is 0 Å². The first-order valence-corrected chi connectivity index (χ1v) is 5.50. The molecule has 0 unspecified atom stereocenters. The maximum Gasteiger partial charge on any atom is 0.250 e. The normalized spacial score (nSPS) is 11.1. The Bertz CT molecular complexity index is 514. The van der Waals surface area contributed by atoms with E-state index in [2.05, 4.69) is 5.32 Å². The highest BCUT2D eigenvalue weighted by Crippen LogP contribution is 2.31. The van der Waals surface area contributed by atoms with E-state index in [0.717, 1.165) is 0 Å². The van der Waals surface area contributed by atoms with E-state index in [1.165, 1.54) is 12.1 Å². The molecule has 0 heterocycles. The van der Waals surface area contributed by atoms with Crippen LogP contribution in [0.4, 0.5) is 11.4 Å². The summed E-state index contributed by atoms with van der Waals surface area (Å²) < 4.78 is 0. The first-order chi connectivity index (χ1) is 8.15. The Balaban J connectivity index is 3.32. The zero-order chi connectivity index (χ0) is 14.1. The molecule has 0 saturated carbocycles. The van der Waals surface area contributed by atoms with Crippen LogP contribution in [0.2, 0.25) is 5.02 Å². The highest BCUT2D eigenvalue weighted by molar-refractivity contribution is 6.34. The number of anilines is 2. The lowest BCUT2D eigenvalue weighted by atomic mass is 10.0. The molecule has 1 rings (SSSR count). The molecule has 6 nitrogen and oxygen atoms in total. The van der Waals surface area contributed by atoms with Gasteiger partial charge in [-0.2, -0.15) is 0 Å². The lowest BCUT2D eigenvalue weighted by molar-refractivity contribution is -0.121. The molecule has 0 aliphatic carbocycles. The number of nitrogen functional groups attached to an aromatic ring is 1. The van der Waals surface area contributed by atoms with Crippen LogP contribution in [-0.4, -0.2) is 17.4 Å². The van der Waals surface area contributed by atoms with Crippen LogP contribution in [0, 0.1) is 0 Å². The van der Waals surface area contributed by atoms with E-state index >= 15 is 0 Å². The van der Waals surface area contributed by atoms with E-state index in [9.17, 15) is 9.59 Å². The largest absolute Gasteiger partial charge is 0.399 e. The van der Waals surface area contributed by atoms with E-state index in [0.29, 0.717) is 5.69 Å². The predicted octanol–water partition coefficient (Wildman–Crippen LogP) is 0.697. The number of primary amides is 2. The van der Waals surface area contributed by atoms with Crippen LogP contribution in [0.3, 0.4) is 0 Å². The average Bonchev–Trinajstić information content (AvgIpc) is 2.21. The van der Waals surface area contributed by atoms with Gasteiger partial charge in [-0.3, -0.25) is 9.59 Å². The van der Waals surface area contributed by atoms with Crippen molar-refractivity contribution in [2.45, 2.75) is 19.4 Å². The standard InChI is InChI=1S/C11H15ClN4O2/c1-11(2,10(15)18)16-8-6(9(14)17)3-5(13)4-7(8)12/h3-4,16H,13H2,1-2H3,(H2,14,17)(H2,15,18). The Labute approximate surface area is 109 Å². The Kier molecular flexibility index (Phi) is 3.71. The molecule has 0 saturated heterocycles. The average molecular weight is 271 g/mol. The van der Waals surface area contributed by atoms with Gasteiger partial charge < -0.3 is 22.5 Å². The first-order valence-electron chi connectivity index (χ1n) is 5.12. The highest BCUT2D eigenvalue weighted by Gasteiger charge is 2.27. The minimum atomic E-state index is -1.08. The zero-order valence-electron chi connectivity index (χ0n) is 10.1. The molecule has 0 aromatic heterocycles. The van der Waals surface area contributed by atoms with Gasteiger partial charge in [0.15, 0.2) is 0 Å². The van der Waals surface area contributed by atoms with Gasteiger partial charge in [0.2, 0.25) is 5.91 Å². The fraction of sp³-hybridized carbons (Fsp3) is 0.273. The number of hydrogen-bond acceptors (Lipinski definition) is 4. The van der Waals surface area contributed by atoms with Crippen LogP contribution in [0.1, 0.15) is 24.2 Å². The summed E-state index contributed by atoms with van der Waals surface area (Å²) in [6, 6.07) is 2.83. The lowest BCUT2D eigenvalue weighted by Gasteiger charge is -2.25. The Morgan fingerprint density at radius 2 is 1.83 bits per heavy atom. The topological polar surface area (TPSA) is 124 Å². The molecule has 98 valence electrons. The molecule has 0 bridgehead atoms. The summed E-state index contributed by atoms with van der Waals surface area (Å²) in [6.45, 7) is 3.12. The summed E-state index contributed by atoms with van der Waals surface area (Å²) in [6.07, 6.45) is 0. The zero-order valence-corrected chi connectivity index (χ0v) is 10.8. The smallest absolute Gasteiger partial charge is 0.250 e. The van der Waals surface area contributed by atoms with Gasteiger partial charge in [-0.05, 0) is 26.0 Å². The van der Waals surface area contributed by atoms with Gasteiger partial charge in [0.25, 0.3) is 5.91 Å². The third kappa shape index (κ3) is 2.84. The van der Waals surface area contributed by atoms with Gasteiger partial charge in [0.1, 0.15) is 5.54 Å². The summed E-state index contributed by atoms with van der Waals surface area (Å²) in [7, 11) is 0. The van der Waals surface area contributed by atoms with E-state index in [-0.39, 0.29) is 16.3 Å². The van der Waals surface area contributed by atoms with Crippen LogP contribution < -0.4 is 22.5 Å². The SMILES string of the molecule is CC(C)(Nc1c(Cl)cc(N)cc1C(N)=O)C(N)=O. The van der Waals surface area contributed by atoms with E-state index in [4.69, 9.17) is 28.8 Å². The van der Waals surface area contributed by atoms with Gasteiger partial charge in [0, 0.05) is 5.69 Å². The molecule has 7 N–H and O–H groups in total. The molecule has 0 aliphatic rings. The van der Waals surface area contributed by atoms with Crippen LogP contribution in [0.15, 0.2) is 12.1 Å². The number of halogens is 1. The highest BCUT2D eigenvalue weighted by atomic mass is 35.5. The molecule has 0 fully saturated rings. The Morgan fingerprint density at radius 3 is 2.28 bits per heavy atom. The van der Waals surface area contributed by atoms with Gasteiger partial charge in [0.05, 0.1) is 16.3 Å². The summed E-state index contributed by atoms with van der Waals surface area (Å²) in [5, 5.41) is 2.99. The van der Waals surface area contributed by atoms with Gasteiger partial charge in [-0.1, -0.05) is 11.6 Å². The fourth-order valence-electron chi connectivity index (χ4n) is 1.32. The molecule has 1 aromatic carbocycles. The second-order valence-corrected chi connectivity index (χ2v) is 4.81. The predicted molar refractivity (Wildman–Crippen MR) is 71.3 cm³/mol. The van der Waals surface area contributed by atoms with E-state index in [1.807, 2.05) is 0 Å². The quantitative estimate of drug-likeness (QED) is 0.601. The lowest BCUT2D eigenvalue weighted by Crippen LogP contribution is -2.45. The first kappa shape index (κ1) is 14.1. The Hall–Kier alpha value is -1.95. The molecular formula is C11H15ClN4O2. The molecule has 0 radical (unpaired) electrons. The number of amides is 2. The van der Waals surface area contributed by atoms with Crippen molar-refractivity contribution in [2.24, 2.45) is 11.5 Å². The maximum atomic E-state index is 11.3. The molecule has 0 atom stereocenters. The minimum absolute atomic E-state index is 0.106. The number of hydrogen-bond donors (Lipinski definition) is 4. The summed E-state index contributed by atoms with van der Waals surface area (Å²) >= 11 is 5.99. The van der Waals surface area contributed by atoms with Crippen molar-refractivity contribution >= 4 is 34.8 Å². The number of carbonyl (C=O) groups is 2. The second kappa shape index (κ2) is 4.73. The van der Waals surface area contributed by atoms with Crippen molar-refractivity contribution in [2.75, 3.05) is 11.1 Å². The van der Waals surface area contributed by atoms with Crippen LogP contribution >= 0.6 is 11.6 Å². The number of nitrogens with two attached hydrogens (primary N) is 3. The van der Waals surface area contributed by atoms with Crippen molar-refractivity contribution in [1.29, 1.82) is 0 Å². The molecule has 0 aliphatic heterocycles. The minimum Gasteiger partial charge on any atom is -0.399 e. The molecule has 7 heteroatoms. The van der Waals surface area contributed by atoms with Crippen molar-refractivity contribution in [1.82, 2.24) is 0 Å². The number of rotatable bonds is 4. The Morgan fingerprint density at radius 1 is 1.28 bits per heavy atom. The molecule has 2 amide bonds. The van der Waals surface area contributed by atoms with Crippen LogP contribution in [-0.2, 0) is 4.79 Å². The number of nitrogens with one attached hydrogen (secondary N) is 1. The van der Waals surface area contributed by atoms with Crippen LogP contribution in [0.25, 0.3) is 0 Å². The fourth-order valence-corrected chi connectivity index (χ4v) is 1.60. The third-order valence-corrected chi connectivity index (χ3v) is 2.73. The molecule has 0 spiro atoms. The monoisotopic (exact) mass is 270 g/mol. The van der Waals surface area contributed by atoms with Gasteiger partial charge in [-0.25, -0.2) is 0 Å². The third-order valence-electron chi connectivity index (χ3n) is 2.43. The van der Waals surface area contributed by atoms with Crippen molar-refractivity contribution in [3.63, 3.8) is 0 Å². The summed E-state index contributed by atoms with van der Waals surface area (Å²) in [4.78, 5) is 22.6. The molecule has 18 heavy (non-hydrogen) atoms. The van der Waals surface area contributed by atoms with E-state index < -0.39 is 17.4 Å². The van der Waals surface area contributed by atoms with Crippen molar-refractivity contribution < 1.29 is 9.59 Å². The van der Waals surface area contributed by atoms with Crippen molar-refractivity contribution in [3.05, 3.63) is 22.7 Å². The summed E-state index contributed by atoms with van der Waals surface area (Å²) in [5.41, 5.74) is 15.6. The molecule has 1 aromatic rings.